The van der Waals surface area contributed by atoms with Crippen molar-refractivity contribution in [2.24, 2.45) is 10.2 Å². The van der Waals surface area contributed by atoms with Gasteiger partial charge in [-0.05, 0) is 66.5 Å². The van der Waals surface area contributed by atoms with Gasteiger partial charge in [-0.3, -0.25) is 9.78 Å². The molecule has 0 saturated heterocycles. The molecule has 1 heterocycles. The van der Waals surface area contributed by atoms with Crippen LogP contribution >= 0.6 is 0 Å². The van der Waals surface area contributed by atoms with Crippen molar-refractivity contribution in [3.63, 3.8) is 0 Å². The Kier molecular flexibility index (Phi) is 9.67. The predicted octanol–water partition coefficient (Wildman–Crippen LogP) is 9.06. The fourth-order valence-corrected chi connectivity index (χ4v) is 4.16. The van der Waals surface area contributed by atoms with Crippen molar-refractivity contribution in [2.75, 3.05) is 6.54 Å². The first kappa shape index (κ1) is 28.4. The van der Waals surface area contributed by atoms with Gasteiger partial charge in [-0.15, -0.1) is 0 Å². The van der Waals surface area contributed by atoms with E-state index in [0.717, 1.165) is 23.1 Å². The van der Waals surface area contributed by atoms with Crippen LogP contribution in [-0.2, 0) is 6.42 Å². The van der Waals surface area contributed by atoms with Crippen molar-refractivity contribution in [1.29, 1.82) is 0 Å². The molecule has 0 bridgehead atoms. The molecule has 0 saturated carbocycles. The van der Waals surface area contributed by atoms with Crippen LogP contribution in [0, 0.1) is 13.8 Å². The molecule has 9 nitrogen and oxygen atoms in total. The maximum Gasteiger partial charge on any atom is 0.251 e. The topological polar surface area (TPSA) is 140 Å². The van der Waals surface area contributed by atoms with Crippen LogP contribution in [-0.4, -0.2) is 17.4 Å². The number of rotatable bonds is 7. The van der Waals surface area contributed by atoms with Crippen molar-refractivity contribution < 1.29 is 4.79 Å². The van der Waals surface area contributed by atoms with Crippen LogP contribution in [0.3, 0.4) is 0 Å². The maximum atomic E-state index is 11.9. The molecule has 1 N–H and O–H groups in total. The zero-order chi connectivity index (χ0) is 29.0. The summed E-state index contributed by atoms with van der Waals surface area (Å²) in [6.07, 6.45) is 2.61. The van der Waals surface area contributed by atoms with Crippen molar-refractivity contribution in [2.45, 2.75) is 20.3 Å². The molecule has 0 aliphatic heterocycles. The van der Waals surface area contributed by atoms with Gasteiger partial charge in [-0.2, -0.15) is 0 Å². The van der Waals surface area contributed by atoms with E-state index in [2.05, 4.69) is 79.7 Å². The largest absolute Gasteiger partial charge is 0.352 e. The lowest BCUT2D eigenvalue weighted by Gasteiger charge is -2.07. The quantitative estimate of drug-likeness (QED) is 0.125. The summed E-state index contributed by atoms with van der Waals surface area (Å²) in [5.41, 5.74) is 24.0. The van der Waals surface area contributed by atoms with E-state index in [9.17, 15) is 4.79 Å². The van der Waals surface area contributed by atoms with Gasteiger partial charge in [0.1, 0.15) is 0 Å². The van der Waals surface area contributed by atoms with Gasteiger partial charge in [0.15, 0.2) is 0 Å². The third-order valence-electron chi connectivity index (χ3n) is 6.33. The number of aromatic nitrogens is 1. The average Bonchev–Trinajstić information content (AvgIpc) is 2.99. The van der Waals surface area contributed by atoms with Gasteiger partial charge in [-0.25, -0.2) is 0 Å². The van der Waals surface area contributed by atoms with Crippen molar-refractivity contribution in [1.82, 2.24) is 10.3 Å². The molecule has 0 aliphatic carbocycles. The number of carbonyl (C=O) groups is 1. The number of carbonyl (C=O) groups excluding carboxylic acids is 1. The van der Waals surface area contributed by atoms with Crippen LogP contribution in [0.1, 0.15) is 27.0 Å². The average molecular weight is 541 g/mol. The highest BCUT2D eigenvalue weighted by molar-refractivity contribution is 5.95. The summed E-state index contributed by atoms with van der Waals surface area (Å²) in [4.78, 5) is 21.9. The molecule has 9 heteroatoms. The molecule has 0 unspecified atom stereocenters. The molecule has 41 heavy (non-hydrogen) atoms. The molecule has 4 aromatic carbocycles. The Hall–Kier alpha value is -5.62. The van der Waals surface area contributed by atoms with Crippen molar-refractivity contribution >= 4 is 28.1 Å². The van der Waals surface area contributed by atoms with Gasteiger partial charge >= 0.3 is 0 Å². The Bertz CT molecular complexity index is 1730. The highest BCUT2D eigenvalue weighted by Gasteiger charge is 2.06. The Morgan fingerprint density at radius 3 is 2.02 bits per heavy atom. The van der Waals surface area contributed by atoms with Crippen LogP contribution in [0.2, 0.25) is 0 Å². The molecule has 0 aliphatic rings. The first-order valence-electron chi connectivity index (χ1n) is 13.0. The molecule has 5 aromatic rings. The van der Waals surface area contributed by atoms with Gasteiger partial charge in [0.25, 0.3) is 5.91 Å². The highest BCUT2D eigenvalue weighted by Crippen LogP contribution is 2.28. The lowest BCUT2D eigenvalue weighted by Crippen LogP contribution is -2.25. The molecule has 0 spiro atoms. The van der Waals surface area contributed by atoms with Crippen LogP contribution in [0.25, 0.3) is 42.9 Å². The van der Waals surface area contributed by atoms with Gasteiger partial charge in [0, 0.05) is 50.5 Å². The number of fused-ring (bicyclic) bond motifs is 1. The minimum atomic E-state index is -0.130. The summed E-state index contributed by atoms with van der Waals surface area (Å²) in [5.74, 6) is -0.130. The van der Waals surface area contributed by atoms with Crippen LogP contribution < -0.4 is 5.32 Å². The molecular formula is C32H28N8O. The van der Waals surface area contributed by atoms with E-state index in [1.807, 2.05) is 31.3 Å². The number of benzene rings is 4. The van der Waals surface area contributed by atoms with Gasteiger partial charge in [-0.1, -0.05) is 94.2 Å². The summed E-state index contributed by atoms with van der Waals surface area (Å²) in [7, 11) is 0. The Balaban J connectivity index is 0.000000189. The standard InChI is InChI=1S/C16H16N4O.C16H12N4/c1-12-2-4-13(5-3-12)10-11-18-16(21)14-6-8-15(9-7-14)19-20-17;1-11-2-3-12-8-9-18-16(15(12)10-11)13-4-6-14(7-5-13)19-20-17/h2-9H,10-11H2,1H3,(H,18,21);2-10H,1H3. The third kappa shape index (κ3) is 7.94. The number of hydrogen-bond acceptors (Lipinski definition) is 4. The van der Waals surface area contributed by atoms with Crippen LogP contribution in [0.4, 0.5) is 11.4 Å². The normalized spacial score (nSPS) is 10.0. The summed E-state index contributed by atoms with van der Waals surface area (Å²) < 4.78 is 0. The summed E-state index contributed by atoms with van der Waals surface area (Å²) >= 11 is 0. The second-order valence-corrected chi connectivity index (χ2v) is 9.35. The van der Waals surface area contributed by atoms with Gasteiger partial charge in [0.2, 0.25) is 0 Å². The van der Waals surface area contributed by atoms with Crippen LogP contribution in [0.5, 0.6) is 0 Å². The zero-order valence-corrected chi connectivity index (χ0v) is 22.8. The number of nitrogens with zero attached hydrogens (tertiary/aromatic N) is 7. The minimum Gasteiger partial charge on any atom is -0.352 e. The lowest BCUT2D eigenvalue weighted by atomic mass is 10.0. The molecule has 0 radical (unpaired) electrons. The van der Waals surface area contributed by atoms with Gasteiger partial charge < -0.3 is 5.32 Å². The highest BCUT2D eigenvalue weighted by atomic mass is 16.1. The maximum absolute atomic E-state index is 11.9. The molecule has 0 atom stereocenters. The molecular weight excluding hydrogens is 512 g/mol. The number of pyridine rings is 1. The van der Waals surface area contributed by atoms with E-state index in [1.165, 1.54) is 22.1 Å². The number of aryl methyl sites for hydroxylation is 2. The van der Waals surface area contributed by atoms with Gasteiger partial charge in [0.05, 0.1) is 5.69 Å². The second kappa shape index (κ2) is 14.0. The smallest absolute Gasteiger partial charge is 0.251 e. The van der Waals surface area contributed by atoms with Crippen molar-refractivity contribution in [3.05, 3.63) is 146 Å². The number of nitrogens with one attached hydrogen (secondary N) is 1. The molecule has 202 valence electrons. The first-order valence-corrected chi connectivity index (χ1v) is 13.0. The van der Waals surface area contributed by atoms with Crippen LogP contribution in [0.15, 0.2) is 113 Å². The van der Waals surface area contributed by atoms with E-state index >= 15 is 0 Å². The van der Waals surface area contributed by atoms with Crippen molar-refractivity contribution in [3.8, 4) is 11.3 Å². The second-order valence-electron chi connectivity index (χ2n) is 9.35. The summed E-state index contributed by atoms with van der Waals surface area (Å²) in [6, 6.07) is 30.6. The predicted molar refractivity (Wildman–Crippen MR) is 163 cm³/mol. The third-order valence-corrected chi connectivity index (χ3v) is 6.33. The number of amides is 1. The number of hydrogen-bond donors (Lipinski definition) is 1. The Morgan fingerprint density at radius 2 is 1.39 bits per heavy atom. The SMILES string of the molecule is Cc1ccc(CCNC(=O)c2ccc(N=[N+]=[N-])cc2)cc1.Cc1ccc2ccnc(-c3ccc(N=[N+]=[N-])cc3)c2c1. The lowest BCUT2D eigenvalue weighted by molar-refractivity contribution is 0.0954. The summed E-state index contributed by atoms with van der Waals surface area (Å²) in [5, 5.41) is 12.2. The summed E-state index contributed by atoms with van der Waals surface area (Å²) in [6.45, 7) is 4.70. The zero-order valence-electron chi connectivity index (χ0n) is 22.8. The fraction of sp³-hybridized carbons (Fsp3) is 0.125. The minimum absolute atomic E-state index is 0.130. The molecule has 1 aromatic heterocycles. The van der Waals surface area contributed by atoms with E-state index in [4.69, 9.17) is 11.1 Å². The number of azide groups is 2. The van der Waals surface area contributed by atoms with E-state index in [-0.39, 0.29) is 5.91 Å². The van der Waals surface area contributed by atoms with E-state index < -0.39 is 0 Å². The van der Waals surface area contributed by atoms with E-state index in [0.29, 0.717) is 23.5 Å². The molecule has 5 rings (SSSR count). The molecule has 1 amide bonds. The Morgan fingerprint density at radius 1 is 0.780 bits per heavy atom. The fourth-order valence-electron chi connectivity index (χ4n) is 4.16. The Labute approximate surface area is 237 Å². The molecule has 0 fully saturated rings. The first-order chi connectivity index (χ1) is 20.0. The van der Waals surface area contributed by atoms with E-state index in [1.54, 1.807) is 36.4 Å². The monoisotopic (exact) mass is 540 g/mol.